The predicted octanol–water partition coefficient (Wildman–Crippen LogP) is 4.24. The molecule has 0 bridgehead atoms. The number of rotatable bonds is 7. The zero-order chi connectivity index (χ0) is 17.7. The van der Waals surface area contributed by atoms with Crippen molar-refractivity contribution in [2.24, 2.45) is 0 Å². The second kappa shape index (κ2) is 8.29. The molecule has 0 radical (unpaired) electrons. The minimum atomic E-state index is -2.80. The standard InChI is InChI=1S/C14H14ClF3N3O2S/c1-2-7-21(10-5-3-9(16)4-6-10)11(22)8-23-14-20-19-12(15)24(14)13(17)18/h3-6,13H,2,7-8H2,1H3/q+1. The molecule has 2 aromatic rings. The Kier molecular flexibility index (Phi) is 6.38. The van der Waals surface area contributed by atoms with E-state index in [1.807, 2.05) is 6.92 Å². The van der Waals surface area contributed by atoms with Crippen molar-refractivity contribution in [3.05, 3.63) is 34.5 Å². The number of hydrogen-bond acceptors (Lipinski definition) is 4. The van der Waals surface area contributed by atoms with Crippen LogP contribution in [0.25, 0.3) is 0 Å². The molecule has 24 heavy (non-hydrogen) atoms. The van der Waals surface area contributed by atoms with E-state index in [1.54, 1.807) is 0 Å². The third-order valence-corrected chi connectivity index (χ3v) is 4.91. The van der Waals surface area contributed by atoms with E-state index in [0.717, 1.165) is 0 Å². The van der Waals surface area contributed by atoms with Crippen LogP contribution in [0, 0.1) is 5.82 Å². The number of anilines is 1. The van der Waals surface area contributed by atoms with E-state index in [-0.39, 0.29) is 9.66 Å². The fourth-order valence-corrected chi connectivity index (χ4v) is 3.25. The summed E-state index contributed by atoms with van der Waals surface area (Å²) < 4.78 is 43.6. The second-order valence-corrected chi connectivity index (χ2v) is 6.98. The fraction of sp³-hybridized carbons (Fsp3) is 0.357. The lowest BCUT2D eigenvalue weighted by atomic mass is 10.2. The highest BCUT2D eigenvalue weighted by molar-refractivity contribution is 7.35. The van der Waals surface area contributed by atoms with Crippen molar-refractivity contribution in [1.29, 1.82) is 0 Å². The lowest BCUT2D eigenvalue weighted by Crippen LogP contribution is -2.35. The highest BCUT2D eigenvalue weighted by Gasteiger charge is 2.35. The Hall–Kier alpha value is -1.87. The van der Waals surface area contributed by atoms with Crippen molar-refractivity contribution >= 4 is 33.7 Å². The molecule has 0 saturated carbocycles. The van der Waals surface area contributed by atoms with Crippen LogP contribution < -0.4 is 9.64 Å². The van der Waals surface area contributed by atoms with Crippen LogP contribution in [-0.2, 0) is 4.79 Å². The molecular formula is C14H14ClF3N3O2S+. The van der Waals surface area contributed by atoms with Gasteiger partial charge in [-0.1, -0.05) is 17.1 Å². The van der Waals surface area contributed by atoms with E-state index >= 15 is 0 Å². The summed E-state index contributed by atoms with van der Waals surface area (Å²) >= 11 is 5.56. The van der Waals surface area contributed by atoms with Crippen LogP contribution in [0.1, 0.15) is 19.1 Å². The van der Waals surface area contributed by atoms with Gasteiger partial charge in [-0.3, -0.25) is 4.79 Å². The van der Waals surface area contributed by atoms with Crippen LogP contribution in [0.4, 0.5) is 18.9 Å². The molecule has 0 fully saturated rings. The molecule has 10 heteroatoms. The van der Waals surface area contributed by atoms with Gasteiger partial charge in [0.2, 0.25) is 0 Å². The molecule has 5 nitrogen and oxygen atoms in total. The first kappa shape index (κ1) is 18.5. The Morgan fingerprint density at radius 1 is 1.33 bits per heavy atom. The molecule has 0 aliphatic rings. The van der Waals surface area contributed by atoms with Gasteiger partial charge >= 0.3 is 15.4 Å². The Bertz CT molecular complexity index is 697. The highest BCUT2D eigenvalue weighted by atomic mass is 35.5. The van der Waals surface area contributed by atoms with E-state index in [4.69, 9.17) is 16.3 Å². The Morgan fingerprint density at radius 3 is 2.58 bits per heavy atom. The van der Waals surface area contributed by atoms with Crippen molar-refractivity contribution in [2.45, 2.75) is 19.1 Å². The van der Waals surface area contributed by atoms with Crippen LogP contribution in [0.15, 0.2) is 24.3 Å². The zero-order valence-electron chi connectivity index (χ0n) is 12.6. The summed E-state index contributed by atoms with van der Waals surface area (Å²) in [5.41, 5.74) is 0.488. The molecule has 1 unspecified atom stereocenters. The van der Waals surface area contributed by atoms with Gasteiger partial charge in [0.25, 0.3) is 5.91 Å². The van der Waals surface area contributed by atoms with Crippen LogP contribution >= 0.6 is 22.1 Å². The van der Waals surface area contributed by atoms with Crippen molar-refractivity contribution < 1.29 is 22.7 Å². The molecule has 130 valence electrons. The SMILES string of the molecule is CCCN(C(=O)COc1nnc(Cl)[s+]1C(F)F)c1ccc(F)cc1. The first-order chi connectivity index (χ1) is 11.4. The van der Waals surface area contributed by atoms with Crippen molar-refractivity contribution in [3.8, 4) is 5.19 Å². The molecule has 1 atom stereocenters. The molecule has 0 saturated heterocycles. The summed E-state index contributed by atoms with van der Waals surface area (Å²) in [6.07, 6.45) is 0.653. The molecular weight excluding hydrogens is 367 g/mol. The molecule has 0 spiro atoms. The maximum Gasteiger partial charge on any atom is 0.462 e. The number of ether oxygens (including phenoxy) is 1. The summed E-state index contributed by atoms with van der Waals surface area (Å²) in [5.74, 6) is -3.69. The first-order valence-electron chi connectivity index (χ1n) is 6.95. The largest absolute Gasteiger partial charge is 0.462 e. The Labute approximate surface area is 144 Å². The molecule has 0 aliphatic carbocycles. The number of nitrogens with zero attached hydrogens (tertiary/aromatic N) is 3. The van der Waals surface area contributed by atoms with Crippen LogP contribution in [-0.4, -0.2) is 29.3 Å². The number of alkyl halides is 2. The zero-order valence-corrected chi connectivity index (χ0v) is 14.2. The maximum atomic E-state index is 13.0. The maximum absolute atomic E-state index is 13.0. The number of amides is 1. The second-order valence-electron chi connectivity index (χ2n) is 4.63. The van der Waals surface area contributed by atoms with E-state index in [9.17, 15) is 18.0 Å². The number of benzene rings is 1. The van der Waals surface area contributed by atoms with Gasteiger partial charge in [0.1, 0.15) is 5.82 Å². The number of aromatic nitrogens is 2. The molecule has 1 aromatic carbocycles. The minimum Gasteiger partial charge on any atom is -0.427 e. The van der Waals surface area contributed by atoms with Crippen molar-refractivity contribution in [3.63, 3.8) is 0 Å². The van der Waals surface area contributed by atoms with Gasteiger partial charge in [-0.15, -0.1) is 0 Å². The molecule has 1 heterocycles. The topological polar surface area (TPSA) is 55.3 Å². The minimum absolute atomic E-state index is 0.351. The quantitative estimate of drug-likeness (QED) is 0.674. The van der Waals surface area contributed by atoms with Crippen LogP contribution in [0.5, 0.6) is 5.19 Å². The number of halogens is 4. The van der Waals surface area contributed by atoms with E-state index < -0.39 is 34.6 Å². The fourth-order valence-electron chi connectivity index (χ4n) is 1.93. The van der Waals surface area contributed by atoms with E-state index in [2.05, 4.69) is 10.2 Å². The van der Waals surface area contributed by atoms with Gasteiger partial charge < -0.3 is 9.64 Å². The normalized spacial score (nSPS) is 11.7. The highest BCUT2D eigenvalue weighted by Crippen LogP contribution is 2.46. The average Bonchev–Trinajstić information content (AvgIpc) is 2.92. The third kappa shape index (κ3) is 4.35. The number of carbonyl (C=O) groups excluding carboxylic acids is 1. The Balaban J connectivity index is 2.10. The molecule has 1 aromatic heterocycles. The van der Waals surface area contributed by atoms with Gasteiger partial charge in [0, 0.05) is 23.8 Å². The lowest BCUT2D eigenvalue weighted by Gasteiger charge is -2.21. The third-order valence-electron chi connectivity index (χ3n) is 2.96. The molecule has 0 aliphatic heterocycles. The van der Waals surface area contributed by atoms with Crippen LogP contribution in [0.2, 0.25) is 4.47 Å². The monoisotopic (exact) mass is 380 g/mol. The Morgan fingerprint density at radius 2 is 2.00 bits per heavy atom. The summed E-state index contributed by atoms with van der Waals surface area (Å²) in [4.78, 5) is 13.7. The van der Waals surface area contributed by atoms with Gasteiger partial charge in [-0.05, 0) is 30.7 Å². The van der Waals surface area contributed by atoms with Crippen molar-refractivity contribution in [2.75, 3.05) is 18.1 Å². The number of carbonyl (C=O) groups is 1. The van der Waals surface area contributed by atoms with Gasteiger partial charge in [0.05, 0.1) is 0 Å². The lowest BCUT2D eigenvalue weighted by molar-refractivity contribution is -0.120. The van der Waals surface area contributed by atoms with Gasteiger partial charge in [0.15, 0.2) is 17.1 Å². The first-order valence-corrected chi connectivity index (χ1v) is 8.61. The summed E-state index contributed by atoms with van der Waals surface area (Å²) in [7, 11) is -1.85. The summed E-state index contributed by atoms with van der Waals surface area (Å²) in [5, 5.41) is 6.44. The molecule has 2 rings (SSSR count). The molecule has 0 N–H and O–H groups in total. The van der Waals surface area contributed by atoms with E-state index in [1.165, 1.54) is 29.2 Å². The number of hydrogen-bond donors (Lipinski definition) is 0. The average molecular weight is 381 g/mol. The smallest absolute Gasteiger partial charge is 0.427 e. The van der Waals surface area contributed by atoms with Gasteiger partial charge in [-0.25, -0.2) is 4.39 Å². The van der Waals surface area contributed by atoms with Crippen LogP contribution in [0.3, 0.4) is 0 Å². The van der Waals surface area contributed by atoms with Gasteiger partial charge in [-0.2, -0.15) is 8.78 Å². The summed E-state index contributed by atoms with van der Waals surface area (Å²) in [6, 6.07) is 5.38. The molecule has 1 amide bonds. The summed E-state index contributed by atoms with van der Waals surface area (Å²) in [6.45, 7) is 1.75. The van der Waals surface area contributed by atoms with E-state index in [0.29, 0.717) is 18.7 Å². The predicted molar refractivity (Wildman–Crippen MR) is 85.3 cm³/mol. The van der Waals surface area contributed by atoms with Crippen molar-refractivity contribution in [1.82, 2.24) is 10.2 Å².